The lowest BCUT2D eigenvalue weighted by molar-refractivity contribution is -0.140. The van der Waals surface area contributed by atoms with Gasteiger partial charge in [-0.15, -0.1) is 24.0 Å². The summed E-state index contributed by atoms with van der Waals surface area (Å²) in [5.74, 6) is 0.718. The summed E-state index contributed by atoms with van der Waals surface area (Å²) >= 11 is 0. The monoisotopic (exact) mass is 565 g/mol. The summed E-state index contributed by atoms with van der Waals surface area (Å²) in [6.07, 6.45) is 5.16. The summed E-state index contributed by atoms with van der Waals surface area (Å²) in [6, 6.07) is 7.40. The zero-order chi connectivity index (χ0) is 22.8. The molecule has 1 saturated heterocycles. The smallest absolute Gasteiger partial charge is 0.253 e. The van der Waals surface area contributed by atoms with Crippen LogP contribution in [0.3, 0.4) is 0 Å². The van der Waals surface area contributed by atoms with Gasteiger partial charge in [0.05, 0.1) is 18.4 Å². The largest absolute Gasteiger partial charge is 0.357 e. The summed E-state index contributed by atoms with van der Waals surface area (Å²) in [5, 5.41) is 6.41. The van der Waals surface area contributed by atoms with Crippen LogP contribution in [0.5, 0.6) is 0 Å². The zero-order valence-electron chi connectivity index (χ0n) is 19.3. The third-order valence-electron chi connectivity index (χ3n) is 6.56. The summed E-state index contributed by atoms with van der Waals surface area (Å²) in [6.45, 7) is 3.92. The number of nitrogens with one attached hydrogen (secondary N) is 2. The van der Waals surface area contributed by atoms with E-state index in [9.17, 15) is 14.4 Å². The number of hydrogen-bond donors (Lipinski definition) is 2. The molecule has 178 valence electrons. The van der Waals surface area contributed by atoms with Gasteiger partial charge < -0.3 is 15.5 Å². The maximum Gasteiger partial charge on any atom is 0.253 e. The average Bonchev–Trinajstić information content (AvgIpc) is 3.47. The zero-order valence-corrected chi connectivity index (χ0v) is 21.6. The molecule has 2 N–H and O–H groups in total. The number of carbonyl (C=O) groups excluding carboxylic acids is 3. The summed E-state index contributed by atoms with van der Waals surface area (Å²) in [4.78, 5) is 45.1. The van der Waals surface area contributed by atoms with Crippen molar-refractivity contribution in [3.8, 4) is 0 Å². The van der Waals surface area contributed by atoms with Gasteiger partial charge in [-0.05, 0) is 42.9 Å². The molecule has 1 aromatic rings. The fourth-order valence-electron chi connectivity index (χ4n) is 4.99. The van der Waals surface area contributed by atoms with E-state index < -0.39 is 0 Å². The van der Waals surface area contributed by atoms with Gasteiger partial charge in [0.25, 0.3) is 5.91 Å². The number of carbonyl (C=O) groups is 3. The highest BCUT2D eigenvalue weighted by molar-refractivity contribution is 14.0. The fraction of sp³-hybridized carbons (Fsp3) is 0.500. The van der Waals surface area contributed by atoms with E-state index in [4.69, 9.17) is 0 Å². The molecular formula is C24H32IN5O3. The topological polar surface area (TPSA) is 94.1 Å². The second kappa shape index (κ2) is 10.7. The Balaban J connectivity index is 0.00000306. The Bertz CT molecular complexity index is 929. The maximum atomic E-state index is 12.8. The van der Waals surface area contributed by atoms with Crippen LogP contribution < -0.4 is 10.6 Å². The average molecular weight is 565 g/mol. The molecule has 1 aromatic carbocycles. The number of nitrogens with zero attached hydrogens (tertiary/aromatic N) is 3. The van der Waals surface area contributed by atoms with E-state index in [0.29, 0.717) is 37.7 Å². The number of imide groups is 1. The van der Waals surface area contributed by atoms with Crippen molar-refractivity contribution < 1.29 is 14.4 Å². The number of amides is 3. The van der Waals surface area contributed by atoms with Crippen LogP contribution in [0, 0.1) is 23.7 Å². The molecule has 0 radical (unpaired) electrons. The molecule has 0 spiro atoms. The highest BCUT2D eigenvalue weighted by atomic mass is 127. The van der Waals surface area contributed by atoms with Crippen molar-refractivity contribution in [1.82, 2.24) is 20.4 Å². The predicted molar refractivity (Wildman–Crippen MR) is 137 cm³/mol. The number of rotatable bonds is 7. The van der Waals surface area contributed by atoms with Crippen molar-refractivity contribution in [3.05, 3.63) is 47.5 Å². The molecule has 2 fully saturated rings. The number of allylic oxidation sites excluding steroid dienone is 2. The number of likely N-dealkylation sites (tertiary alicyclic amines) is 1. The molecule has 2 aliphatic carbocycles. The minimum Gasteiger partial charge on any atom is -0.357 e. The molecule has 1 saturated carbocycles. The van der Waals surface area contributed by atoms with Crippen LogP contribution in [-0.2, 0) is 16.1 Å². The molecule has 3 aliphatic rings. The van der Waals surface area contributed by atoms with Crippen LogP contribution in [0.15, 0.2) is 41.4 Å². The first kappa shape index (κ1) is 25.2. The highest BCUT2D eigenvalue weighted by Crippen LogP contribution is 2.52. The third kappa shape index (κ3) is 5.07. The fourth-order valence-corrected chi connectivity index (χ4v) is 4.99. The van der Waals surface area contributed by atoms with Gasteiger partial charge in [-0.1, -0.05) is 24.3 Å². The van der Waals surface area contributed by atoms with Crippen molar-refractivity contribution in [3.63, 3.8) is 0 Å². The third-order valence-corrected chi connectivity index (χ3v) is 6.56. The molecule has 8 nitrogen and oxygen atoms in total. The number of guanidine groups is 1. The van der Waals surface area contributed by atoms with Gasteiger partial charge >= 0.3 is 0 Å². The number of benzene rings is 1. The molecule has 4 unspecified atom stereocenters. The Morgan fingerprint density at radius 2 is 1.67 bits per heavy atom. The quantitative estimate of drug-likeness (QED) is 0.173. The molecule has 4 atom stereocenters. The Labute approximate surface area is 211 Å². The van der Waals surface area contributed by atoms with E-state index in [1.165, 1.54) is 4.90 Å². The molecule has 4 rings (SSSR count). The highest BCUT2D eigenvalue weighted by Gasteiger charge is 2.58. The first-order chi connectivity index (χ1) is 15.4. The SMILES string of the molecule is CCNC(=NCc1ccc(C(=O)N(C)C)cc1)NCCN1C(=O)C2C3C=CC(C3)C2C1=O.I. The molecule has 0 aromatic heterocycles. The van der Waals surface area contributed by atoms with Crippen LogP contribution in [0.2, 0.25) is 0 Å². The van der Waals surface area contributed by atoms with E-state index in [1.54, 1.807) is 31.1 Å². The Hall–Kier alpha value is -2.43. The molecule has 9 heteroatoms. The molecule has 3 amide bonds. The van der Waals surface area contributed by atoms with Crippen LogP contribution in [-0.4, -0.2) is 67.2 Å². The van der Waals surface area contributed by atoms with Gasteiger partial charge in [-0.25, -0.2) is 4.99 Å². The molecular weight excluding hydrogens is 533 g/mol. The minimum atomic E-state index is -0.151. The number of hydrogen-bond acceptors (Lipinski definition) is 4. The van der Waals surface area contributed by atoms with Gasteiger partial charge in [-0.3, -0.25) is 19.3 Å². The summed E-state index contributed by atoms with van der Waals surface area (Å²) in [5.41, 5.74) is 1.62. The first-order valence-corrected chi connectivity index (χ1v) is 11.3. The van der Waals surface area contributed by atoms with Crippen LogP contribution >= 0.6 is 24.0 Å². The van der Waals surface area contributed by atoms with E-state index in [0.717, 1.165) is 12.0 Å². The second-order valence-corrected chi connectivity index (χ2v) is 8.85. The van der Waals surface area contributed by atoms with E-state index in [-0.39, 0.29) is 65.4 Å². The lowest BCUT2D eigenvalue weighted by atomic mass is 9.85. The summed E-state index contributed by atoms with van der Waals surface area (Å²) in [7, 11) is 3.46. The number of aliphatic imine (C=N–C) groups is 1. The maximum absolute atomic E-state index is 12.8. The van der Waals surface area contributed by atoms with Crippen molar-refractivity contribution in [2.45, 2.75) is 19.9 Å². The van der Waals surface area contributed by atoms with E-state index in [1.807, 2.05) is 19.1 Å². The van der Waals surface area contributed by atoms with Crippen LogP contribution in [0.25, 0.3) is 0 Å². The predicted octanol–water partition coefficient (Wildman–Crippen LogP) is 1.87. The van der Waals surface area contributed by atoms with Gasteiger partial charge in [0.1, 0.15) is 0 Å². The molecule has 33 heavy (non-hydrogen) atoms. The number of fused-ring (bicyclic) bond motifs is 5. The lowest BCUT2D eigenvalue weighted by Gasteiger charge is -2.18. The van der Waals surface area contributed by atoms with Crippen LogP contribution in [0.1, 0.15) is 29.3 Å². The van der Waals surface area contributed by atoms with Gasteiger partial charge in [0.15, 0.2) is 5.96 Å². The molecule has 1 aliphatic heterocycles. The number of halogens is 1. The van der Waals surface area contributed by atoms with Crippen LogP contribution in [0.4, 0.5) is 0 Å². The van der Waals surface area contributed by atoms with Crippen molar-refractivity contribution in [2.75, 3.05) is 33.7 Å². The Kier molecular flexibility index (Phi) is 8.14. The normalized spacial score (nSPS) is 25.2. The van der Waals surface area contributed by atoms with E-state index >= 15 is 0 Å². The van der Waals surface area contributed by atoms with Gasteiger partial charge in [0.2, 0.25) is 11.8 Å². The first-order valence-electron chi connectivity index (χ1n) is 11.3. The van der Waals surface area contributed by atoms with Crippen molar-refractivity contribution in [1.29, 1.82) is 0 Å². The van der Waals surface area contributed by atoms with Crippen molar-refractivity contribution in [2.24, 2.45) is 28.7 Å². The van der Waals surface area contributed by atoms with Crippen molar-refractivity contribution >= 4 is 47.7 Å². The summed E-state index contributed by atoms with van der Waals surface area (Å²) < 4.78 is 0. The Morgan fingerprint density at radius 3 is 2.21 bits per heavy atom. The second-order valence-electron chi connectivity index (χ2n) is 8.85. The minimum absolute atomic E-state index is 0. The van der Waals surface area contributed by atoms with Gasteiger partial charge in [0, 0.05) is 39.3 Å². The molecule has 1 heterocycles. The standard InChI is InChI=1S/C24H31N5O3.HI/c1-4-25-24(27-14-15-5-7-16(8-6-15)21(30)28(2)3)26-11-12-29-22(31)19-17-9-10-18(13-17)20(19)23(29)32;/h5-10,17-20H,4,11-14H2,1-3H3,(H2,25,26,27);1H. The lowest BCUT2D eigenvalue weighted by Crippen LogP contribution is -2.43. The Morgan fingerprint density at radius 1 is 1.06 bits per heavy atom. The van der Waals surface area contributed by atoms with Gasteiger partial charge in [-0.2, -0.15) is 0 Å². The molecule has 2 bridgehead atoms. The van der Waals surface area contributed by atoms with E-state index in [2.05, 4.69) is 27.8 Å².